The van der Waals surface area contributed by atoms with Crippen LogP contribution in [-0.4, -0.2) is 17.0 Å². The van der Waals surface area contributed by atoms with Gasteiger partial charge in [0.05, 0.1) is 10.7 Å². The van der Waals surface area contributed by atoms with Crippen LogP contribution >= 0.6 is 11.6 Å². The SMILES string of the molecule is CNc1cc(Nc2ccc(C)cc2Cl)nc(C)n1. The zero-order chi connectivity index (χ0) is 13.1. The van der Waals surface area contributed by atoms with Crippen LogP contribution in [-0.2, 0) is 0 Å². The lowest BCUT2D eigenvalue weighted by atomic mass is 10.2. The van der Waals surface area contributed by atoms with Crippen LogP contribution in [0.1, 0.15) is 11.4 Å². The first kappa shape index (κ1) is 12.6. The summed E-state index contributed by atoms with van der Waals surface area (Å²) in [6.45, 7) is 3.85. The van der Waals surface area contributed by atoms with Gasteiger partial charge in [0.2, 0.25) is 0 Å². The molecule has 1 aromatic carbocycles. The van der Waals surface area contributed by atoms with Crippen molar-refractivity contribution in [2.45, 2.75) is 13.8 Å². The Balaban J connectivity index is 2.30. The average molecular weight is 263 g/mol. The molecule has 0 spiro atoms. The second kappa shape index (κ2) is 5.23. The van der Waals surface area contributed by atoms with Gasteiger partial charge in [0.15, 0.2) is 0 Å². The fourth-order valence-electron chi connectivity index (χ4n) is 1.62. The van der Waals surface area contributed by atoms with E-state index < -0.39 is 0 Å². The Hall–Kier alpha value is -1.81. The molecule has 94 valence electrons. The number of hydrogen-bond acceptors (Lipinski definition) is 4. The molecule has 0 saturated carbocycles. The highest BCUT2D eigenvalue weighted by Crippen LogP contribution is 2.26. The molecule has 0 aliphatic carbocycles. The largest absolute Gasteiger partial charge is 0.373 e. The Morgan fingerprint density at radius 2 is 1.78 bits per heavy atom. The van der Waals surface area contributed by atoms with Crippen LogP contribution in [0.15, 0.2) is 24.3 Å². The molecule has 5 heteroatoms. The highest BCUT2D eigenvalue weighted by Gasteiger charge is 2.04. The van der Waals surface area contributed by atoms with Gasteiger partial charge >= 0.3 is 0 Å². The minimum Gasteiger partial charge on any atom is -0.373 e. The van der Waals surface area contributed by atoms with Crippen molar-refractivity contribution in [1.82, 2.24) is 9.97 Å². The fraction of sp³-hybridized carbons (Fsp3) is 0.231. The van der Waals surface area contributed by atoms with E-state index in [1.54, 1.807) is 0 Å². The summed E-state index contributed by atoms with van der Waals surface area (Å²) in [5, 5.41) is 6.86. The van der Waals surface area contributed by atoms with E-state index in [4.69, 9.17) is 11.6 Å². The van der Waals surface area contributed by atoms with E-state index in [9.17, 15) is 0 Å². The van der Waals surface area contributed by atoms with Crippen molar-refractivity contribution in [3.63, 3.8) is 0 Å². The Kier molecular flexibility index (Phi) is 3.67. The van der Waals surface area contributed by atoms with Crippen LogP contribution in [0.2, 0.25) is 5.02 Å². The van der Waals surface area contributed by atoms with E-state index in [-0.39, 0.29) is 0 Å². The predicted octanol–water partition coefficient (Wildman–Crippen LogP) is 3.53. The first-order valence-corrected chi connectivity index (χ1v) is 6.03. The van der Waals surface area contributed by atoms with Crippen molar-refractivity contribution in [1.29, 1.82) is 0 Å². The molecular weight excluding hydrogens is 248 g/mol. The number of hydrogen-bond donors (Lipinski definition) is 2. The number of benzene rings is 1. The van der Waals surface area contributed by atoms with E-state index in [1.165, 1.54) is 0 Å². The highest BCUT2D eigenvalue weighted by molar-refractivity contribution is 6.33. The predicted molar refractivity (Wildman–Crippen MR) is 75.8 cm³/mol. The maximum Gasteiger partial charge on any atom is 0.136 e. The van der Waals surface area contributed by atoms with Gasteiger partial charge < -0.3 is 10.6 Å². The van der Waals surface area contributed by atoms with E-state index in [1.807, 2.05) is 45.2 Å². The molecule has 0 bridgehead atoms. The average Bonchev–Trinajstić information content (AvgIpc) is 2.32. The topological polar surface area (TPSA) is 49.8 Å². The van der Waals surface area contributed by atoms with Crippen LogP contribution in [0.25, 0.3) is 0 Å². The molecule has 0 aliphatic rings. The van der Waals surface area contributed by atoms with Gasteiger partial charge in [-0.1, -0.05) is 17.7 Å². The van der Waals surface area contributed by atoms with Gasteiger partial charge in [-0.2, -0.15) is 0 Å². The third-order valence-electron chi connectivity index (χ3n) is 2.48. The van der Waals surface area contributed by atoms with Gasteiger partial charge in [-0.3, -0.25) is 0 Å². The molecule has 0 unspecified atom stereocenters. The summed E-state index contributed by atoms with van der Waals surface area (Å²) in [6.07, 6.45) is 0. The molecule has 0 saturated heterocycles. The molecular formula is C13H15ClN4. The molecule has 0 radical (unpaired) electrons. The van der Waals surface area contributed by atoms with Crippen molar-refractivity contribution < 1.29 is 0 Å². The normalized spacial score (nSPS) is 10.2. The van der Waals surface area contributed by atoms with Crippen molar-refractivity contribution in [2.75, 3.05) is 17.7 Å². The number of halogens is 1. The summed E-state index contributed by atoms with van der Waals surface area (Å²) in [7, 11) is 1.82. The van der Waals surface area contributed by atoms with E-state index in [0.29, 0.717) is 10.8 Å². The van der Waals surface area contributed by atoms with Crippen LogP contribution in [0.5, 0.6) is 0 Å². The van der Waals surface area contributed by atoms with E-state index >= 15 is 0 Å². The van der Waals surface area contributed by atoms with Gasteiger partial charge in [0.1, 0.15) is 17.5 Å². The van der Waals surface area contributed by atoms with Crippen molar-refractivity contribution >= 4 is 28.9 Å². The minimum atomic E-state index is 0.678. The summed E-state index contributed by atoms with van der Waals surface area (Å²) >= 11 is 6.17. The Labute approximate surface area is 111 Å². The standard InChI is InChI=1S/C13H15ClN4/c1-8-4-5-11(10(14)6-8)18-13-7-12(15-3)16-9(2)17-13/h4-7H,1-3H3,(H2,15,16,17,18). The number of aryl methyl sites for hydroxylation is 2. The molecule has 1 aromatic heterocycles. The van der Waals surface area contributed by atoms with E-state index in [2.05, 4.69) is 20.6 Å². The monoisotopic (exact) mass is 262 g/mol. The molecule has 0 fully saturated rings. The van der Waals surface area contributed by atoms with Crippen LogP contribution in [0, 0.1) is 13.8 Å². The quantitative estimate of drug-likeness (QED) is 0.888. The Morgan fingerprint density at radius 3 is 2.44 bits per heavy atom. The molecule has 0 amide bonds. The third-order valence-corrected chi connectivity index (χ3v) is 2.79. The zero-order valence-electron chi connectivity index (χ0n) is 10.6. The van der Waals surface area contributed by atoms with Gasteiger partial charge in [-0.05, 0) is 31.5 Å². The summed E-state index contributed by atoms with van der Waals surface area (Å²) in [5.74, 6) is 2.19. The molecule has 0 aliphatic heterocycles. The molecule has 18 heavy (non-hydrogen) atoms. The maximum atomic E-state index is 6.17. The first-order chi connectivity index (χ1) is 8.58. The molecule has 2 rings (SSSR count). The third kappa shape index (κ3) is 2.90. The van der Waals surface area contributed by atoms with Crippen LogP contribution < -0.4 is 10.6 Å². The van der Waals surface area contributed by atoms with Crippen molar-refractivity contribution in [3.05, 3.63) is 40.7 Å². The summed E-state index contributed by atoms with van der Waals surface area (Å²) in [5.41, 5.74) is 1.96. The number of nitrogens with one attached hydrogen (secondary N) is 2. The Morgan fingerprint density at radius 1 is 1.06 bits per heavy atom. The fourth-order valence-corrected chi connectivity index (χ4v) is 1.90. The summed E-state index contributed by atoms with van der Waals surface area (Å²) in [4.78, 5) is 8.56. The molecule has 2 N–H and O–H groups in total. The number of aromatic nitrogens is 2. The molecule has 4 nitrogen and oxygen atoms in total. The van der Waals surface area contributed by atoms with Crippen molar-refractivity contribution in [3.8, 4) is 0 Å². The zero-order valence-corrected chi connectivity index (χ0v) is 11.3. The second-order valence-electron chi connectivity index (χ2n) is 4.04. The van der Waals surface area contributed by atoms with Crippen LogP contribution in [0.4, 0.5) is 17.3 Å². The lowest BCUT2D eigenvalue weighted by Gasteiger charge is -2.10. The van der Waals surface area contributed by atoms with Crippen LogP contribution in [0.3, 0.4) is 0 Å². The Bertz CT molecular complexity index is 569. The number of anilines is 3. The van der Waals surface area contributed by atoms with Gasteiger partial charge in [0, 0.05) is 13.1 Å². The molecule has 1 heterocycles. The lowest BCUT2D eigenvalue weighted by Crippen LogP contribution is -2.01. The lowest BCUT2D eigenvalue weighted by molar-refractivity contribution is 1.06. The smallest absolute Gasteiger partial charge is 0.136 e. The summed E-state index contributed by atoms with van der Waals surface area (Å²) in [6, 6.07) is 7.69. The van der Waals surface area contributed by atoms with Gasteiger partial charge in [0.25, 0.3) is 0 Å². The number of nitrogens with zero attached hydrogens (tertiary/aromatic N) is 2. The molecule has 0 atom stereocenters. The minimum absolute atomic E-state index is 0.678. The van der Waals surface area contributed by atoms with Gasteiger partial charge in [-0.25, -0.2) is 9.97 Å². The van der Waals surface area contributed by atoms with Gasteiger partial charge in [-0.15, -0.1) is 0 Å². The van der Waals surface area contributed by atoms with Crippen molar-refractivity contribution in [2.24, 2.45) is 0 Å². The highest BCUT2D eigenvalue weighted by atomic mass is 35.5. The number of rotatable bonds is 3. The maximum absolute atomic E-state index is 6.17. The molecule has 2 aromatic rings. The summed E-state index contributed by atoms with van der Waals surface area (Å²) < 4.78 is 0. The first-order valence-electron chi connectivity index (χ1n) is 5.65. The van der Waals surface area contributed by atoms with E-state index in [0.717, 1.165) is 22.9 Å². The second-order valence-corrected chi connectivity index (χ2v) is 4.45.